The van der Waals surface area contributed by atoms with E-state index in [1.54, 1.807) is 16.8 Å². The molecule has 1 N–H and O–H groups in total. The number of hydrogen-bond acceptors (Lipinski definition) is 4. The summed E-state index contributed by atoms with van der Waals surface area (Å²) >= 11 is 12.3. The van der Waals surface area contributed by atoms with Crippen molar-refractivity contribution in [2.45, 2.75) is 32.6 Å². The molecule has 0 radical (unpaired) electrons. The third-order valence-electron chi connectivity index (χ3n) is 5.60. The van der Waals surface area contributed by atoms with E-state index in [4.69, 9.17) is 27.9 Å². The topological polar surface area (TPSA) is 69.0 Å². The maximum absolute atomic E-state index is 12.7. The van der Waals surface area contributed by atoms with E-state index in [-0.39, 0.29) is 11.9 Å². The molecule has 1 amide bonds. The molecule has 4 aromatic rings. The molecule has 1 heterocycles. The van der Waals surface area contributed by atoms with E-state index in [0.717, 1.165) is 17.7 Å². The number of carbonyl (C=O) groups excluding carboxylic acids is 1. The Kier molecular flexibility index (Phi) is 8.06. The second-order valence-electron chi connectivity index (χ2n) is 8.12. The molecule has 0 unspecified atom stereocenters. The zero-order valence-corrected chi connectivity index (χ0v) is 21.1. The number of amides is 1. The normalized spacial score (nSPS) is 10.9. The van der Waals surface area contributed by atoms with Crippen molar-refractivity contribution in [2.24, 2.45) is 0 Å². The van der Waals surface area contributed by atoms with Gasteiger partial charge in [-0.2, -0.15) is 4.98 Å². The Bertz CT molecular complexity index is 1300. The largest absolute Gasteiger partial charge is 0.466 e. The van der Waals surface area contributed by atoms with Crippen LogP contribution in [0, 0.1) is 0 Å². The predicted octanol–water partition coefficient (Wildman–Crippen LogP) is 7.23. The van der Waals surface area contributed by atoms with E-state index in [1.807, 2.05) is 54.6 Å². The summed E-state index contributed by atoms with van der Waals surface area (Å²) in [7, 11) is 1.51. The van der Waals surface area contributed by atoms with Crippen LogP contribution in [0.2, 0.25) is 10.0 Å². The first-order valence-electron chi connectivity index (χ1n) is 11.5. The van der Waals surface area contributed by atoms with Crippen molar-refractivity contribution in [3.8, 4) is 23.1 Å². The fourth-order valence-electron chi connectivity index (χ4n) is 3.67. The second kappa shape index (κ2) is 11.4. The number of aromatic nitrogens is 3. The van der Waals surface area contributed by atoms with Crippen LogP contribution < -0.4 is 10.1 Å². The SMILES string of the molecule is CCCCCc1ccc(C(=O)Nc2ccc(-n3nc(OC)nc3-c3ccc(Cl)c(Cl)c3)cc2)cc1. The first-order chi connectivity index (χ1) is 17.0. The van der Waals surface area contributed by atoms with Crippen molar-refractivity contribution < 1.29 is 9.53 Å². The molecule has 0 spiro atoms. The molecule has 6 nitrogen and oxygen atoms in total. The third-order valence-corrected chi connectivity index (χ3v) is 6.34. The van der Waals surface area contributed by atoms with Crippen molar-refractivity contribution in [3.63, 3.8) is 0 Å². The Morgan fingerprint density at radius 2 is 1.71 bits per heavy atom. The fourth-order valence-corrected chi connectivity index (χ4v) is 3.97. The molecule has 35 heavy (non-hydrogen) atoms. The van der Waals surface area contributed by atoms with Gasteiger partial charge in [0.05, 0.1) is 22.8 Å². The van der Waals surface area contributed by atoms with Crippen LogP contribution in [0.1, 0.15) is 42.1 Å². The van der Waals surface area contributed by atoms with Gasteiger partial charge in [-0.05, 0) is 73.0 Å². The highest BCUT2D eigenvalue weighted by Gasteiger charge is 2.16. The number of carbonyl (C=O) groups is 1. The summed E-state index contributed by atoms with van der Waals surface area (Å²) in [4.78, 5) is 17.1. The molecule has 4 rings (SSSR count). The average Bonchev–Trinajstić information content (AvgIpc) is 3.31. The average molecular weight is 509 g/mol. The summed E-state index contributed by atoms with van der Waals surface area (Å²) in [5, 5.41) is 8.24. The van der Waals surface area contributed by atoms with Gasteiger partial charge in [0.2, 0.25) is 0 Å². The number of halogens is 2. The molecule has 180 valence electrons. The number of ether oxygens (including phenoxy) is 1. The minimum Gasteiger partial charge on any atom is -0.466 e. The molecule has 0 aliphatic heterocycles. The van der Waals surface area contributed by atoms with Gasteiger partial charge in [0, 0.05) is 16.8 Å². The smallest absolute Gasteiger partial charge is 0.336 e. The Morgan fingerprint density at radius 1 is 0.971 bits per heavy atom. The Morgan fingerprint density at radius 3 is 2.37 bits per heavy atom. The lowest BCUT2D eigenvalue weighted by Crippen LogP contribution is -2.12. The van der Waals surface area contributed by atoms with Gasteiger partial charge < -0.3 is 10.1 Å². The number of anilines is 1. The van der Waals surface area contributed by atoms with Crippen LogP contribution in [-0.2, 0) is 6.42 Å². The molecule has 0 fully saturated rings. The van der Waals surface area contributed by atoms with Crippen LogP contribution in [0.3, 0.4) is 0 Å². The lowest BCUT2D eigenvalue weighted by atomic mass is 10.1. The van der Waals surface area contributed by atoms with Crippen molar-refractivity contribution in [3.05, 3.63) is 87.9 Å². The van der Waals surface area contributed by atoms with E-state index in [9.17, 15) is 4.79 Å². The molecule has 8 heteroatoms. The zero-order valence-electron chi connectivity index (χ0n) is 19.6. The Hall–Kier alpha value is -3.35. The number of nitrogens with zero attached hydrogens (tertiary/aromatic N) is 3. The van der Waals surface area contributed by atoms with Gasteiger partial charge in [-0.1, -0.05) is 55.1 Å². The number of nitrogens with one attached hydrogen (secondary N) is 1. The summed E-state index contributed by atoms with van der Waals surface area (Å²) in [5.41, 5.74) is 4.03. The molecule has 0 saturated carbocycles. The molecule has 1 aromatic heterocycles. The molecular formula is C27H26Cl2N4O2. The van der Waals surface area contributed by atoms with E-state index < -0.39 is 0 Å². The number of unbranched alkanes of at least 4 members (excludes halogenated alkanes) is 2. The van der Waals surface area contributed by atoms with Gasteiger partial charge >= 0.3 is 6.01 Å². The zero-order chi connectivity index (χ0) is 24.8. The van der Waals surface area contributed by atoms with Gasteiger partial charge in [0.25, 0.3) is 5.91 Å². The molecule has 0 bridgehead atoms. The highest BCUT2D eigenvalue weighted by Crippen LogP contribution is 2.30. The summed E-state index contributed by atoms with van der Waals surface area (Å²) in [6.07, 6.45) is 4.61. The highest BCUT2D eigenvalue weighted by molar-refractivity contribution is 6.42. The minimum atomic E-state index is -0.156. The van der Waals surface area contributed by atoms with E-state index in [2.05, 4.69) is 22.3 Å². The maximum Gasteiger partial charge on any atom is 0.336 e. The lowest BCUT2D eigenvalue weighted by molar-refractivity contribution is 0.102. The van der Waals surface area contributed by atoms with Crippen LogP contribution in [0.4, 0.5) is 5.69 Å². The predicted molar refractivity (Wildman–Crippen MR) is 141 cm³/mol. The van der Waals surface area contributed by atoms with Crippen LogP contribution in [0.15, 0.2) is 66.7 Å². The molecule has 0 aliphatic rings. The van der Waals surface area contributed by atoms with Gasteiger partial charge in [-0.25, -0.2) is 4.68 Å². The standard InChI is InChI=1S/C27H26Cl2N4O2/c1-3-4-5-6-18-7-9-19(10-8-18)26(34)30-21-12-14-22(15-13-21)33-25(31-27(32-33)35-2)20-11-16-23(28)24(29)17-20/h7-17H,3-6H2,1-2H3,(H,30,34). The number of aryl methyl sites for hydroxylation is 1. The van der Waals surface area contributed by atoms with Gasteiger partial charge in [-0.3, -0.25) is 4.79 Å². The minimum absolute atomic E-state index is 0.156. The highest BCUT2D eigenvalue weighted by atomic mass is 35.5. The quantitative estimate of drug-likeness (QED) is 0.242. The number of rotatable bonds is 9. The summed E-state index contributed by atoms with van der Waals surface area (Å²) in [6, 6.07) is 20.6. The van der Waals surface area contributed by atoms with Crippen LogP contribution in [0.5, 0.6) is 6.01 Å². The Labute approximate surface area is 214 Å². The third kappa shape index (κ3) is 6.02. The molecule has 0 saturated heterocycles. The first kappa shape index (κ1) is 24.8. The van der Waals surface area contributed by atoms with Crippen LogP contribution in [0.25, 0.3) is 17.1 Å². The van der Waals surface area contributed by atoms with Gasteiger partial charge in [0.1, 0.15) is 0 Å². The molecular weight excluding hydrogens is 483 g/mol. The van der Waals surface area contributed by atoms with Gasteiger partial charge in [-0.15, -0.1) is 5.10 Å². The molecule has 0 atom stereocenters. The van der Waals surface area contributed by atoms with Crippen molar-refractivity contribution in [1.82, 2.24) is 14.8 Å². The number of methoxy groups -OCH3 is 1. The van der Waals surface area contributed by atoms with Crippen LogP contribution >= 0.6 is 23.2 Å². The van der Waals surface area contributed by atoms with Gasteiger partial charge in [0.15, 0.2) is 5.82 Å². The monoisotopic (exact) mass is 508 g/mol. The van der Waals surface area contributed by atoms with Crippen LogP contribution in [-0.4, -0.2) is 27.8 Å². The molecule has 3 aromatic carbocycles. The number of benzene rings is 3. The molecule has 0 aliphatic carbocycles. The van der Waals surface area contributed by atoms with E-state index >= 15 is 0 Å². The fraction of sp³-hybridized carbons (Fsp3) is 0.222. The van der Waals surface area contributed by atoms with Crippen molar-refractivity contribution >= 4 is 34.8 Å². The summed E-state index contributed by atoms with van der Waals surface area (Å²) < 4.78 is 6.89. The van der Waals surface area contributed by atoms with E-state index in [1.165, 1.54) is 31.9 Å². The van der Waals surface area contributed by atoms with E-state index in [0.29, 0.717) is 27.1 Å². The lowest BCUT2D eigenvalue weighted by Gasteiger charge is -2.09. The van der Waals surface area contributed by atoms with Crippen molar-refractivity contribution in [1.29, 1.82) is 0 Å². The summed E-state index contributed by atoms with van der Waals surface area (Å²) in [5.74, 6) is 0.396. The number of hydrogen-bond donors (Lipinski definition) is 1. The maximum atomic E-state index is 12.7. The second-order valence-corrected chi connectivity index (χ2v) is 8.93. The Balaban J connectivity index is 1.50. The van der Waals surface area contributed by atoms with Crippen molar-refractivity contribution in [2.75, 3.05) is 12.4 Å². The first-order valence-corrected chi connectivity index (χ1v) is 12.2. The summed E-state index contributed by atoms with van der Waals surface area (Å²) in [6.45, 7) is 2.19.